The van der Waals surface area contributed by atoms with Crippen LogP contribution in [-0.4, -0.2) is 72.7 Å². The number of hydrogen-bond acceptors (Lipinski definition) is 5. The number of nitro groups is 1. The summed E-state index contributed by atoms with van der Waals surface area (Å²) >= 11 is 0. The molecule has 0 aliphatic carbocycles. The second-order valence-corrected chi connectivity index (χ2v) is 8.47. The van der Waals surface area contributed by atoms with E-state index in [2.05, 4.69) is 0 Å². The number of carbonyl (C=O) groups excluding carboxylic acids is 1. The molecule has 3 rings (SSSR count). The number of hydrogen-bond donors (Lipinski definition) is 0. The van der Waals surface area contributed by atoms with Gasteiger partial charge in [-0.25, -0.2) is 13.2 Å². The molecular weight excluding hydrogens is 379 g/mol. The number of para-hydroxylation sites is 1. The van der Waals surface area contributed by atoms with Gasteiger partial charge in [0.25, 0.3) is 0 Å². The highest BCUT2D eigenvalue weighted by Gasteiger charge is 2.37. The van der Waals surface area contributed by atoms with E-state index in [0.717, 1.165) is 41.8 Å². The lowest BCUT2D eigenvalue weighted by molar-refractivity contribution is -0.390. The molecule has 2 aliphatic rings. The molecule has 0 bridgehead atoms. The lowest BCUT2D eigenvalue weighted by atomic mass is 10.1. The maximum absolute atomic E-state index is 13.8. The Kier molecular flexibility index (Phi) is 5.61. The second kappa shape index (κ2) is 7.77. The molecule has 0 atom stereocenters. The number of rotatable bonds is 3. The first-order valence-corrected chi connectivity index (χ1v) is 10.2. The van der Waals surface area contributed by atoms with E-state index in [4.69, 9.17) is 0 Å². The van der Waals surface area contributed by atoms with Crippen molar-refractivity contribution in [1.82, 2.24) is 14.1 Å². The summed E-state index contributed by atoms with van der Waals surface area (Å²) in [5, 5.41) is 11.1. The van der Waals surface area contributed by atoms with Gasteiger partial charge in [0.2, 0.25) is 15.8 Å². The molecule has 0 aromatic heterocycles. The van der Waals surface area contributed by atoms with Crippen LogP contribution in [0.1, 0.15) is 19.3 Å². The van der Waals surface area contributed by atoms with Crippen LogP contribution in [0.25, 0.3) is 0 Å². The van der Waals surface area contributed by atoms with Crippen LogP contribution in [0.3, 0.4) is 0 Å². The van der Waals surface area contributed by atoms with Crippen LogP contribution in [-0.2, 0) is 10.0 Å². The van der Waals surface area contributed by atoms with Gasteiger partial charge in [0.05, 0.1) is 4.92 Å². The maximum Gasteiger partial charge on any atom is 0.324 e. The van der Waals surface area contributed by atoms with Gasteiger partial charge in [-0.2, -0.15) is 8.70 Å². The SMILES string of the molecule is O=C(N1CCCCC1)N1CCN(S(=O)(=O)c2cccc(F)c2[N+](=O)[O-])CC1. The maximum atomic E-state index is 13.8. The van der Waals surface area contributed by atoms with Gasteiger partial charge in [0, 0.05) is 39.3 Å². The molecule has 2 amide bonds. The first-order valence-electron chi connectivity index (χ1n) is 8.79. The summed E-state index contributed by atoms with van der Waals surface area (Å²) in [4.78, 5) is 25.3. The minimum Gasteiger partial charge on any atom is -0.325 e. The van der Waals surface area contributed by atoms with Crippen molar-refractivity contribution in [2.75, 3.05) is 39.3 Å². The normalized spacial score (nSPS) is 19.1. The summed E-state index contributed by atoms with van der Waals surface area (Å²) in [7, 11) is -4.23. The van der Waals surface area contributed by atoms with Gasteiger partial charge in [0.1, 0.15) is 0 Å². The highest BCUT2D eigenvalue weighted by Crippen LogP contribution is 2.29. The van der Waals surface area contributed by atoms with Crippen LogP contribution >= 0.6 is 0 Å². The molecule has 2 aliphatic heterocycles. The fourth-order valence-electron chi connectivity index (χ4n) is 3.42. The number of urea groups is 1. The molecule has 1 aromatic carbocycles. The topological polar surface area (TPSA) is 104 Å². The fraction of sp³-hybridized carbons (Fsp3) is 0.562. The summed E-state index contributed by atoms with van der Waals surface area (Å²) in [5.41, 5.74) is -1.05. The van der Waals surface area contributed by atoms with Crippen molar-refractivity contribution in [2.45, 2.75) is 24.2 Å². The minimum atomic E-state index is -4.23. The third kappa shape index (κ3) is 3.88. The number of piperidine rings is 1. The molecule has 27 heavy (non-hydrogen) atoms. The molecule has 148 valence electrons. The van der Waals surface area contributed by atoms with Crippen LogP contribution in [0.4, 0.5) is 14.9 Å². The van der Waals surface area contributed by atoms with Crippen molar-refractivity contribution >= 4 is 21.7 Å². The number of amides is 2. The summed E-state index contributed by atoms with van der Waals surface area (Å²) in [6.45, 7) is 1.81. The molecule has 1 aromatic rings. The lowest BCUT2D eigenvalue weighted by Crippen LogP contribution is -2.54. The number of likely N-dealkylation sites (tertiary alicyclic amines) is 1. The Hall–Kier alpha value is -2.27. The molecule has 0 N–H and O–H groups in total. The monoisotopic (exact) mass is 400 g/mol. The van der Waals surface area contributed by atoms with Crippen LogP contribution in [0, 0.1) is 15.9 Å². The van der Waals surface area contributed by atoms with Crippen molar-refractivity contribution in [3.63, 3.8) is 0 Å². The second-order valence-electron chi connectivity index (χ2n) is 6.57. The van der Waals surface area contributed by atoms with E-state index in [1.165, 1.54) is 0 Å². The Morgan fingerprint density at radius 3 is 2.19 bits per heavy atom. The Morgan fingerprint density at radius 1 is 1.00 bits per heavy atom. The van der Waals surface area contributed by atoms with Crippen molar-refractivity contribution in [3.8, 4) is 0 Å². The largest absolute Gasteiger partial charge is 0.325 e. The van der Waals surface area contributed by atoms with E-state index >= 15 is 0 Å². The van der Waals surface area contributed by atoms with E-state index in [1.54, 1.807) is 9.80 Å². The molecule has 2 heterocycles. The van der Waals surface area contributed by atoms with Crippen molar-refractivity contribution in [3.05, 3.63) is 34.1 Å². The van der Waals surface area contributed by atoms with Crippen molar-refractivity contribution in [2.24, 2.45) is 0 Å². The minimum absolute atomic E-state index is 0.00950. The van der Waals surface area contributed by atoms with E-state index < -0.39 is 31.3 Å². The zero-order valence-corrected chi connectivity index (χ0v) is 15.5. The molecule has 0 radical (unpaired) electrons. The van der Waals surface area contributed by atoms with Gasteiger partial charge >= 0.3 is 11.7 Å². The third-order valence-corrected chi connectivity index (χ3v) is 6.82. The molecule has 0 unspecified atom stereocenters. The average Bonchev–Trinajstić information content (AvgIpc) is 2.67. The number of nitro benzene ring substituents is 1. The summed E-state index contributed by atoms with van der Waals surface area (Å²) in [6, 6.07) is 2.91. The Labute approximate surface area is 156 Å². The van der Waals surface area contributed by atoms with Crippen molar-refractivity contribution < 1.29 is 22.5 Å². The van der Waals surface area contributed by atoms with Crippen LogP contribution in [0.2, 0.25) is 0 Å². The molecule has 0 saturated carbocycles. The van der Waals surface area contributed by atoms with Crippen LogP contribution in [0.5, 0.6) is 0 Å². The smallest absolute Gasteiger partial charge is 0.324 e. The standard InChI is InChI=1S/C16H21FN4O5S/c17-13-5-4-6-14(15(13)21(23)24)27(25,26)20-11-9-19(10-12-20)16(22)18-7-2-1-3-8-18/h4-6H,1-3,7-12H2. The number of nitrogens with zero attached hydrogens (tertiary/aromatic N) is 4. The van der Waals surface area contributed by atoms with Crippen LogP contribution < -0.4 is 0 Å². The van der Waals surface area contributed by atoms with E-state index in [1.807, 2.05) is 0 Å². The molecule has 2 fully saturated rings. The van der Waals surface area contributed by atoms with E-state index in [-0.39, 0.29) is 32.2 Å². The van der Waals surface area contributed by atoms with Gasteiger partial charge < -0.3 is 9.80 Å². The molecule has 2 saturated heterocycles. The number of piperazine rings is 1. The summed E-state index contributed by atoms with van der Waals surface area (Å²) < 4.78 is 40.4. The van der Waals surface area contributed by atoms with Crippen LogP contribution in [0.15, 0.2) is 23.1 Å². The zero-order chi connectivity index (χ0) is 19.6. The number of halogens is 1. The van der Waals surface area contributed by atoms with E-state index in [9.17, 15) is 27.7 Å². The Morgan fingerprint density at radius 2 is 1.59 bits per heavy atom. The molecule has 0 spiro atoms. The van der Waals surface area contributed by atoms with Gasteiger partial charge in [0.15, 0.2) is 4.90 Å². The lowest BCUT2D eigenvalue weighted by Gasteiger charge is -2.38. The molecule has 11 heteroatoms. The quantitative estimate of drug-likeness (QED) is 0.567. The predicted octanol–water partition coefficient (Wildman–Crippen LogP) is 1.65. The number of carbonyl (C=O) groups is 1. The summed E-state index contributed by atoms with van der Waals surface area (Å²) in [6.07, 6.45) is 3.02. The Balaban J connectivity index is 1.73. The van der Waals surface area contributed by atoms with Crippen molar-refractivity contribution in [1.29, 1.82) is 0 Å². The number of sulfonamides is 1. The van der Waals surface area contributed by atoms with E-state index in [0.29, 0.717) is 13.1 Å². The first kappa shape index (κ1) is 19.5. The highest BCUT2D eigenvalue weighted by atomic mass is 32.2. The molecule has 9 nitrogen and oxygen atoms in total. The van der Waals surface area contributed by atoms with Gasteiger partial charge in [-0.15, -0.1) is 0 Å². The zero-order valence-electron chi connectivity index (χ0n) is 14.7. The fourth-order valence-corrected chi connectivity index (χ4v) is 5.01. The first-order chi connectivity index (χ1) is 12.8. The van der Waals surface area contributed by atoms with Gasteiger partial charge in [-0.05, 0) is 31.4 Å². The Bertz CT molecular complexity index is 833. The predicted molar refractivity (Wildman–Crippen MR) is 94.2 cm³/mol. The molecular formula is C16H21FN4O5S. The highest BCUT2D eigenvalue weighted by molar-refractivity contribution is 7.89. The number of benzene rings is 1. The third-order valence-electron chi connectivity index (χ3n) is 4.89. The summed E-state index contributed by atoms with van der Waals surface area (Å²) in [5.74, 6) is -1.19. The van der Waals surface area contributed by atoms with Gasteiger partial charge in [-0.1, -0.05) is 6.07 Å². The van der Waals surface area contributed by atoms with Gasteiger partial charge in [-0.3, -0.25) is 10.1 Å². The average molecular weight is 400 g/mol.